The van der Waals surface area contributed by atoms with E-state index >= 15 is 0 Å². The summed E-state index contributed by atoms with van der Waals surface area (Å²) in [6.45, 7) is 8.10. The Kier molecular flexibility index (Phi) is 2.19. The van der Waals surface area contributed by atoms with E-state index in [9.17, 15) is 0 Å². The van der Waals surface area contributed by atoms with Gasteiger partial charge in [0.25, 0.3) is 0 Å². The van der Waals surface area contributed by atoms with Crippen molar-refractivity contribution in [3.8, 4) is 0 Å². The van der Waals surface area contributed by atoms with Crippen LogP contribution in [0.3, 0.4) is 0 Å². The standard InChI is InChI=1S/C12H19N/c1-9(2)13-7-6-11-8-10(3)4-5-12(11)13/h4-5,9-10H,6-8H2,1-3H3. The van der Waals surface area contributed by atoms with E-state index in [1.807, 2.05) is 0 Å². The van der Waals surface area contributed by atoms with E-state index < -0.39 is 0 Å². The van der Waals surface area contributed by atoms with Crippen LogP contribution in [0.5, 0.6) is 0 Å². The van der Waals surface area contributed by atoms with Crippen LogP contribution >= 0.6 is 0 Å². The van der Waals surface area contributed by atoms with Gasteiger partial charge in [0.05, 0.1) is 0 Å². The van der Waals surface area contributed by atoms with E-state index in [2.05, 4.69) is 37.8 Å². The molecule has 0 amide bonds. The second kappa shape index (κ2) is 3.21. The molecule has 0 spiro atoms. The lowest BCUT2D eigenvalue weighted by molar-refractivity contribution is 0.318. The Labute approximate surface area is 81.1 Å². The van der Waals surface area contributed by atoms with Crippen LogP contribution in [0.2, 0.25) is 0 Å². The van der Waals surface area contributed by atoms with Crippen molar-refractivity contribution >= 4 is 0 Å². The fraction of sp³-hybridized carbons (Fsp3) is 0.667. The average Bonchev–Trinajstić information content (AvgIpc) is 2.46. The van der Waals surface area contributed by atoms with Gasteiger partial charge < -0.3 is 4.90 Å². The molecule has 1 heteroatoms. The molecule has 1 nitrogen and oxygen atoms in total. The van der Waals surface area contributed by atoms with Crippen molar-refractivity contribution in [3.05, 3.63) is 23.4 Å². The van der Waals surface area contributed by atoms with Crippen LogP contribution in [-0.2, 0) is 0 Å². The summed E-state index contributed by atoms with van der Waals surface area (Å²) in [5.74, 6) is 0.755. The second-order valence-corrected chi connectivity index (χ2v) is 4.57. The van der Waals surface area contributed by atoms with Crippen LogP contribution in [0.4, 0.5) is 0 Å². The first kappa shape index (κ1) is 8.86. The van der Waals surface area contributed by atoms with Crippen molar-refractivity contribution in [2.45, 2.75) is 39.7 Å². The number of hydrogen-bond acceptors (Lipinski definition) is 1. The van der Waals surface area contributed by atoms with Crippen LogP contribution in [0.15, 0.2) is 23.4 Å². The molecule has 0 radical (unpaired) electrons. The summed E-state index contributed by atoms with van der Waals surface area (Å²) in [5.41, 5.74) is 3.21. The fourth-order valence-corrected chi connectivity index (χ4v) is 2.38. The molecule has 0 aromatic heterocycles. The maximum Gasteiger partial charge on any atom is 0.0358 e. The van der Waals surface area contributed by atoms with E-state index in [0.29, 0.717) is 6.04 Å². The number of hydrogen-bond donors (Lipinski definition) is 0. The Hall–Kier alpha value is -0.720. The maximum atomic E-state index is 2.53. The Bertz CT molecular complexity index is 260. The van der Waals surface area contributed by atoms with Crippen molar-refractivity contribution in [2.24, 2.45) is 5.92 Å². The van der Waals surface area contributed by atoms with Crippen LogP contribution in [0.1, 0.15) is 33.6 Å². The highest BCUT2D eigenvalue weighted by molar-refractivity contribution is 5.33. The molecule has 1 aliphatic heterocycles. The van der Waals surface area contributed by atoms with Crippen molar-refractivity contribution < 1.29 is 0 Å². The molecule has 0 aromatic carbocycles. The SMILES string of the molecule is CC1C=CC2=C(CCN2C(C)C)C1. The molecule has 2 rings (SSSR count). The van der Waals surface area contributed by atoms with E-state index in [4.69, 9.17) is 0 Å². The van der Waals surface area contributed by atoms with Crippen LogP contribution in [0.25, 0.3) is 0 Å². The molecule has 0 fully saturated rings. The number of allylic oxidation sites excluding steroid dienone is 2. The number of rotatable bonds is 1. The zero-order valence-electron chi connectivity index (χ0n) is 8.88. The highest BCUT2D eigenvalue weighted by Crippen LogP contribution is 2.34. The minimum Gasteiger partial charge on any atom is -0.369 e. The molecule has 0 bridgehead atoms. The van der Waals surface area contributed by atoms with Gasteiger partial charge in [-0.15, -0.1) is 0 Å². The Balaban J connectivity index is 2.20. The highest BCUT2D eigenvalue weighted by Gasteiger charge is 2.25. The maximum absolute atomic E-state index is 2.53. The van der Waals surface area contributed by atoms with E-state index in [-0.39, 0.29) is 0 Å². The molecule has 1 unspecified atom stereocenters. The Morgan fingerprint density at radius 3 is 2.92 bits per heavy atom. The molecule has 1 atom stereocenters. The molecule has 0 saturated heterocycles. The van der Waals surface area contributed by atoms with Crippen LogP contribution in [0, 0.1) is 5.92 Å². The summed E-state index contributed by atoms with van der Waals surface area (Å²) in [7, 11) is 0. The van der Waals surface area contributed by atoms with Gasteiger partial charge in [-0.2, -0.15) is 0 Å². The summed E-state index contributed by atoms with van der Waals surface area (Å²) in [4.78, 5) is 2.53. The second-order valence-electron chi connectivity index (χ2n) is 4.57. The average molecular weight is 177 g/mol. The predicted molar refractivity (Wildman–Crippen MR) is 56.4 cm³/mol. The van der Waals surface area contributed by atoms with Gasteiger partial charge in [0.1, 0.15) is 0 Å². The van der Waals surface area contributed by atoms with Gasteiger partial charge in [-0.05, 0) is 44.3 Å². The van der Waals surface area contributed by atoms with Crippen molar-refractivity contribution in [3.63, 3.8) is 0 Å². The number of nitrogens with zero attached hydrogens (tertiary/aromatic N) is 1. The molecule has 72 valence electrons. The fourth-order valence-electron chi connectivity index (χ4n) is 2.38. The minimum absolute atomic E-state index is 0.658. The van der Waals surface area contributed by atoms with Crippen LogP contribution < -0.4 is 0 Å². The normalized spacial score (nSPS) is 27.4. The third kappa shape index (κ3) is 1.52. The first-order chi connectivity index (χ1) is 6.18. The topological polar surface area (TPSA) is 3.24 Å². The first-order valence-corrected chi connectivity index (χ1v) is 5.35. The molecule has 1 heterocycles. The van der Waals surface area contributed by atoms with Gasteiger partial charge in [0.15, 0.2) is 0 Å². The van der Waals surface area contributed by atoms with Crippen molar-refractivity contribution in [1.82, 2.24) is 4.90 Å². The van der Waals surface area contributed by atoms with Gasteiger partial charge >= 0.3 is 0 Å². The molecular formula is C12H19N. The Morgan fingerprint density at radius 1 is 1.46 bits per heavy atom. The lowest BCUT2D eigenvalue weighted by atomic mass is 9.94. The predicted octanol–water partition coefficient (Wildman–Crippen LogP) is 2.95. The van der Waals surface area contributed by atoms with Crippen molar-refractivity contribution in [2.75, 3.05) is 6.54 Å². The largest absolute Gasteiger partial charge is 0.369 e. The zero-order valence-corrected chi connectivity index (χ0v) is 8.88. The van der Waals surface area contributed by atoms with Gasteiger partial charge in [-0.1, -0.05) is 13.0 Å². The smallest absolute Gasteiger partial charge is 0.0358 e. The summed E-state index contributed by atoms with van der Waals surface area (Å²) in [5, 5.41) is 0. The lowest BCUT2D eigenvalue weighted by Crippen LogP contribution is -2.27. The lowest BCUT2D eigenvalue weighted by Gasteiger charge is -2.26. The van der Waals surface area contributed by atoms with Crippen molar-refractivity contribution in [1.29, 1.82) is 0 Å². The zero-order chi connectivity index (χ0) is 9.42. The molecule has 1 aliphatic carbocycles. The Morgan fingerprint density at radius 2 is 2.23 bits per heavy atom. The molecule has 2 aliphatic rings. The van der Waals surface area contributed by atoms with E-state index in [0.717, 1.165) is 5.92 Å². The molecule has 0 aromatic rings. The quantitative estimate of drug-likeness (QED) is 0.595. The first-order valence-electron chi connectivity index (χ1n) is 5.35. The van der Waals surface area contributed by atoms with Gasteiger partial charge in [0.2, 0.25) is 0 Å². The molecule has 0 saturated carbocycles. The van der Waals surface area contributed by atoms with Gasteiger partial charge in [-0.25, -0.2) is 0 Å². The molecule has 0 N–H and O–H groups in total. The summed E-state index contributed by atoms with van der Waals surface area (Å²) >= 11 is 0. The third-order valence-corrected chi connectivity index (χ3v) is 3.10. The monoisotopic (exact) mass is 177 g/mol. The van der Waals surface area contributed by atoms with Crippen LogP contribution in [-0.4, -0.2) is 17.5 Å². The van der Waals surface area contributed by atoms with Gasteiger partial charge in [-0.3, -0.25) is 0 Å². The minimum atomic E-state index is 0.658. The van der Waals surface area contributed by atoms with E-state index in [1.165, 1.54) is 25.1 Å². The third-order valence-electron chi connectivity index (χ3n) is 3.10. The van der Waals surface area contributed by atoms with E-state index in [1.54, 1.807) is 5.57 Å². The molecule has 13 heavy (non-hydrogen) atoms. The summed E-state index contributed by atoms with van der Waals surface area (Å²) in [6, 6.07) is 0.658. The summed E-state index contributed by atoms with van der Waals surface area (Å²) in [6.07, 6.45) is 7.26. The highest BCUT2D eigenvalue weighted by atomic mass is 15.2. The van der Waals surface area contributed by atoms with Gasteiger partial charge in [0, 0.05) is 18.3 Å². The summed E-state index contributed by atoms with van der Waals surface area (Å²) < 4.78 is 0. The molecular weight excluding hydrogens is 158 g/mol.